The lowest BCUT2D eigenvalue weighted by molar-refractivity contribution is -0.275. The van der Waals surface area contributed by atoms with Gasteiger partial charge in [-0.3, -0.25) is 4.79 Å². The molecule has 0 bridgehead atoms. The molecule has 1 aliphatic heterocycles. The van der Waals surface area contributed by atoms with Crippen LogP contribution < -0.4 is 10.3 Å². The Bertz CT molecular complexity index is 1130. The summed E-state index contributed by atoms with van der Waals surface area (Å²) < 4.78 is 80.3. The highest BCUT2D eigenvalue weighted by molar-refractivity contribution is 5.88. The molecule has 3 rings (SSSR count). The summed E-state index contributed by atoms with van der Waals surface area (Å²) in [6.07, 6.45) is -6.45. The van der Waals surface area contributed by atoms with E-state index < -0.39 is 64.2 Å². The highest BCUT2D eigenvalue weighted by Crippen LogP contribution is 2.59. The second-order valence-electron chi connectivity index (χ2n) is 7.66. The fraction of sp³-hybridized carbons (Fsp3) is 0.450. The second kappa shape index (κ2) is 7.84. The average molecular weight is 462 g/mol. The number of nitrogens with one attached hydrogen (secondary N) is 1. The Kier molecular flexibility index (Phi) is 5.79. The normalized spacial score (nSPS) is 25.7. The van der Waals surface area contributed by atoms with E-state index in [0.717, 1.165) is 26.2 Å². The van der Waals surface area contributed by atoms with Crippen LogP contribution in [0.1, 0.15) is 53.3 Å². The molecule has 4 atom stereocenters. The number of halogens is 5. The van der Waals surface area contributed by atoms with E-state index in [9.17, 15) is 31.5 Å². The van der Waals surface area contributed by atoms with E-state index in [2.05, 4.69) is 9.97 Å². The van der Waals surface area contributed by atoms with E-state index in [1.807, 2.05) is 0 Å². The zero-order valence-corrected chi connectivity index (χ0v) is 17.3. The smallest absolute Gasteiger partial charge is 0.417 e. The first-order valence-electron chi connectivity index (χ1n) is 9.35. The van der Waals surface area contributed by atoms with E-state index in [0.29, 0.717) is 0 Å². The van der Waals surface area contributed by atoms with Crippen molar-refractivity contribution >= 4 is 5.97 Å². The number of carbonyl (C=O) groups is 1. The monoisotopic (exact) mass is 462 g/mol. The van der Waals surface area contributed by atoms with Crippen molar-refractivity contribution in [2.45, 2.75) is 44.6 Å². The number of aromatic nitrogens is 2. The van der Waals surface area contributed by atoms with Crippen LogP contribution >= 0.6 is 0 Å². The van der Waals surface area contributed by atoms with Crippen LogP contribution in [0.3, 0.4) is 0 Å². The van der Waals surface area contributed by atoms with Gasteiger partial charge in [0.05, 0.1) is 12.8 Å². The van der Waals surface area contributed by atoms with Gasteiger partial charge in [0, 0.05) is 17.4 Å². The van der Waals surface area contributed by atoms with Crippen molar-refractivity contribution in [1.29, 1.82) is 0 Å². The van der Waals surface area contributed by atoms with Crippen molar-refractivity contribution in [3.8, 4) is 5.75 Å². The fourth-order valence-electron chi connectivity index (χ4n) is 4.04. The summed E-state index contributed by atoms with van der Waals surface area (Å²) in [5.41, 5.74) is -4.90. The first kappa shape index (κ1) is 23.6. The number of H-pyrrole nitrogens is 1. The van der Waals surface area contributed by atoms with Gasteiger partial charge >= 0.3 is 12.1 Å². The van der Waals surface area contributed by atoms with Crippen molar-refractivity contribution in [3.63, 3.8) is 0 Å². The van der Waals surface area contributed by atoms with E-state index >= 15 is 0 Å². The third-order valence-electron chi connectivity index (χ3n) is 5.91. The summed E-state index contributed by atoms with van der Waals surface area (Å²) in [5.74, 6) is -7.86. The first-order chi connectivity index (χ1) is 14.7. The minimum Gasteiger partial charge on any atom is -0.493 e. The quantitative estimate of drug-likeness (QED) is 0.669. The predicted octanol–water partition coefficient (Wildman–Crippen LogP) is 3.88. The molecule has 0 spiro atoms. The summed E-state index contributed by atoms with van der Waals surface area (Å²) in [6.45, 7) is 3.22. The van der Waals surface area contributed by atoms with Crippen molar-refractivity contribution in [2.75, 3.05) is 7.11 Å². The third-order valence-corrected chi connectivity index (χ3v) is 5.91. The number of nitrogens with zero attached hydrogens (tertiary/aromatic N) is 1. The molecular formula is C20H19F5N2O5. The number of rotatable bonds is 4. The van der Waals surface area contributed by atoms with Crippen LogP contribution in [-0.2, 0) is 4.74 Å². The Morgan fingerprint density at radius 1 is 1.31 bits per heavy atom. The van der Waals surface area contributed by atoms with Crippen LogP contribution in [0.2, 0.25) is 0 Å². The number of aryl methyl sites for hydroxylation is 1. The number of aromatic carboxylic acids is 1. The SMILES string of the molecule is COc1c([C@H]2[C@H](c3nc(C)c(C(=O)O)c(=O)[nH]3)O[C@@](C)(C(F)(F)F)[C@H]2C)ccc(F)c1F. The number of carboxylic acid groups (broad SMARTS) is 1. The molecule has 1 fully saturated rings. The molecule has 0 unspecified atom stereocenters. The largest absolute Gasteiger partial charge is 0.493 e. The standard InChI is InChI=1S/C20H19F5N2O5/c1-7-11(9-5-6-10(21)13(22)14(9)31-4)15(32-19(7,3)20(23,24)25)16-26-8(2)12(18(29)30)17(28)27-16/h5-7,11,15H,1-4H3,(H,29,30)(H,26,27,28)/t7-,11-,15+,19+/m0/s1. The lowest BCUT2D eigenvalue weighted by atomic mass is 9.77. The van der Waals surface area contributed by atoms with Crippen LogP contribution in [0.15, 0.2) is 16.9 Å². The molecule has 174 valence electrons. The molecule has 2 heterocycles. The van der Waals surface area contributed by atoms with Crippen LogP contribution in [0.25, 0.3) is 0 Å². The number of hydrogen-bond acceptors (Lipinski definition) is 5. The third kappa shape index (κ3) is 3.51. The average Bonchev–Trinajstić information content (AvgIpc) is 2.95. The summed E-state index contributed by atoms with van der Waals surface area (Å²) in [6, 6.07) is 1.82. The molecule has 1 aliphatic rings. The van der Waals surface area contributed by atoms with Gasteiger partial charge in [-0.15, -0.1) is 0 Å². The van der Waals surface area contributed by atoms with E-state index in [1.165, 1.54) is 13.8 Å². The maximum atomic E-state index is 14.4. The van der Waals surface area contributed by atoms with Gasteiger partial charge in [-0.1, -0.05) is 13.0 Å². The number of carboxylic acids is 1. The van der Waals surface area contributed by atoms with Crippen molar-refractivity contribution < 1.29 is 41.3 Å². The highest BCUT2D eigenvalue weighted by Gasteiger charge is 2.65. The van der Waals surface area contributed by atoms with Gasteiger partial charge in [-0.25, -0.2) is 14.2 Å². The fourth-order valence-corrected chi connectivity index (χ4v) is 4.04. The molecule has 2 aromatic rings. The van der Waals surface area contributed by atoms with Gasteiger partial charge in [-0.05, 0) is 19.9 Å². The molecule has 7 nitrogen and oxygen atoms in total. The Hall–Kier alpha value is -3.02. The zero-order chi connectivity index (χ0) is 24.2. The summed E-state index contributed by atoms with van der Waals surface area (Å²) in [5, 5.41) is 9.16. The molecule has 1 aromatic heterocycles. The predicted molar refractivity (Wildman–Crippen MR) is 99.7 cm³/mol. The zero-order valence-electron chi connectivity index (χ0n) is 17.3. The first-order valence-corrected chi connectivity index (χ1v) is 9.35. The molecular weight excluding hydrogens is 443 g/mol. The topological polar surface area (TPSA) is 102 Å². The van der Waals surface area contributed by atoms with Crippen LogP contribution in [0, 0.1) is 24.5 Å². The summed E-state index contributed by atoms with van der Waals surface area (Å²) in [4.78, 5) is 29.7. The van der Waals surface area contributed by atoms with Crippen LogP contribution in [0.5, 0.6) is 5.75 Å². The van der Waals surface area contributed by atoms with Crippen molar-refractivity contribution in [2.24, 2.45) is 5.92 Å². The van der Waals surface area contributed by atoms with E-state index in [-0.39, 0.29) is 17.1 Å². The lowest BCUT2D eigenvalue weighted by Crippen LogP contribution is -2.46. The molecule has 0 aliphatic carbocycles. The lowest BCUT2D eigenvalue weighted by Gasteiger charge is -2.32. The number of benzene rings is 1. The molecule has 1 aromatic carbocycles. The summed E-state index contributed by atoms with van der Waals surface area (Å²) in [7, 11) is 1.03. The number of hydrogen-bond donors (Lipinski definition) is 2. The van der Waals surface area contributed by atoms with Gasteiger partial charge in [0.15, 0.2) is 17.2 Å². The number of ether oxygens (including phenoxy) is 2. The Labute approximate surface area is 178 Å². The Morgan fingerprint density at radius 3 is 2.44 bits per heavy atom. The summed E-state index contributed by atoms with van der Waals surface area (Å²) >= 11 is 0. The molecule has 0 radical (unpaired) electrons. The van der Waals surface area contributed by atoms with Crippen molar-refractivity contribution in [1.82, 2.24) is 9.97 Å². The maximum Gasteiger partial charge on any atom is 0.417 e. The highest BCUT2D eigenvalue weighted by atomic mass is 19.4. The molecule has 32 heavy (non-hydrogen) atoms. The van der Waals surface area contributed by atoms with Crippen LogP contribution in [-0.4, -0.2) is 39.9 Å². The number of aromatic amines is 1. The maximum absolute atomic E-state index is 14.4. The molecule has 2 N–H and O–H groups in total. The van der Waals surface area contributed by atoms with Crippen LogP contribution in [0.4, 0.5) is 22.0 Å². The second-order valence-corrected chi connectivity index (χ2v) is 7.66. The van der Waals surface area contributed by atoms with Crippen molar-refractivity contribution in [3.05, 3.63) is 56.8 Å². The van der Waals surface area contributed by atoms with Gasteiger partial charge < -0.3 is 19.6 Å². The number of methoxy groups -OCH3 is 1. The minimum atomic E-state index is -4.87. The van der Waals surface area contributed by atoms with Gasteiger partial charge in [0.2, 0.25) is 5.82 Å². The van der Waals surface area contributed by atoms with Gasteiger partial charge in [0.1, 0.15) is 17.5 Å². The Balaban J connectivity index is 2.28. The van der Waals surface area contributed by atoms with E-state index in [1.54, 1.807) is 0 Å². The Morgan fingerprint density at radius 2 is 1.94 bits per heavy atom. The number of alkyl halides is 3. The van der Waals surface area contributed by atoms with Gasteiger partial charge in [-0.2, -0.15) is 17.6 Å². The minimum absolute atomic E-state index is 0.125. The molecule has 12 heteroatoms. The van der Waals surface area contributed by atoms with Gasteiger partial charge in [0.25, 0.3) is 5.56 Å². The molecule has 0 saturated carbocycles. The van der Waals surface area contributed by atoms with E-state index in [4.69, 9.17) is 14.6 Å². The molecule has 1 saturated heterocycles. The molecule has 0 amide bonds.